The Balaban J connectivity index is 2.04. The van der Waals surface area contributed by atoms with Gasteiger partial charge in [0.2, 0.25) is 0 Å². The van der Waals surface area contributed by atoms with E-state index < -0.39 is 0 Å². The maximum Gasteiger partial charge on any atom is 0.261 e. The summed E-state index contributed by atoms with van der Waals surface area (Å²) < 4.78 is 5.43. The van der Waals surface area contributed by atoms with Crippen molar-refractivity contribution in [2.45, 2.75) is 6.92 Å². The second-order valence-electron chi connectivity index (χ2n) is 4.35. The molecule has 0 aliphatic carbocycles. The molecule has 0 bridgehead atoms. The third-order valence-corrected chi connectivity index (χ3v) is 3.18. The molecular weight excluding hydrogens is 320 g/mol. The van der Waals surface area contributed by atoms with Crippen LogP contribution in [0.3, 0.4) is 0 Å². The van der Waals surface area contributed by atoms with Gasteiger partial charge in [0.25, 0.3) is 5.91 Å². The lowest BCUT2D eigenvalue weighted by Gasteiger charge is -2.12. The zero-order chi connectivity index (χ0) is 15.9. The summed E-state index contributed by atoms with van der Waals surface area (Å²) in [5.41, 5.74) is 1.13. The van der Waals surface area contributed by atoms with E-state index in [2.05, 4.69) is 10.6 Å². The highest BCUT2D eigenvalue weighted by Gasteiger charge is 2.13. The first-order valence-corrected chi connectivity index (χ1v) is 7.48. The molecule has 0 unspecified atom stereocenters. The lowest BCUT2D eigenvalue weighted by atomic mass is 10.2. The van der Waals surface area contributed by atoms with Crippen LogP contribution in [0.4, 0.5) is 5.69 Å². The molecule has 1 amide bonds. The molecule has 0 fully saturated rings. The summed E-state index contributed by atoms with van der Waals surface area (Å²) in [7, 11) is 0. The lowest BCUT2D eigenvalue weighted by Crippen LogP contribution is -2.34. The number of nitrogens with one attached hydrogen (secondary N) is 2. The topological polar surface area (TPSA) is 50.4 Å². The quantitative estimate of drug-likeness (QED) is 0.833. The van der Waals surface area contributed by atoms with Gasteiger partial charge in [-0.25, -0.2) is 0 Å². The summed E-state index contributed by atoms with van der Waals surface area (Å²) in [5, 5.41) is 6.31. The molecule has 0 spiro atoms. The highest BCUT2D eigenvalue weighted by atomic mass is 35.5. The number of halogens is 1. The fourth-order valence-corrected chi connectivity index (χ4v) is 2.24. The number of thiocarbonyl (C=S) groups is 1. The zero-order valence-electron chi connectivity index (χ0n) is 11.9. The Morgan fingerprint density at radius 1 is 1.23 bits per heavy atom. The molecular formula is C16H15ClN2O2S. The second kappa shape index (κ2) is 7.77. The Hall–Kier alpha value is -2.11. The summed E-state index contributed by atoms with van der Waals surface area (Å²) in [4.78, 5) is 12.3. The molecule has 0 radical (unpaired) electrons. The van der Waals surface area contributed by atoms with Crippen molar-refractivity contribution < 1.29 is 9.53 Å². The molecule has 0 saturated carbocycles. The van der Waals surface area contributed by atoms with Gasteiger partial charge in [-0.2, -0.15) is 0 Å². The van der Waals surface area contributed by atoms with E-state index in [1.54, 1.807) is 42.5 Å². The van der Waals surface area contributed by atoms with Gasteiger partial charge >= 0.3 is 0 Å². The number of anilines is 1. The molecule has 2 aromatic carbocycles. The van der Waals surface area contributed by atoms with Crippen LogP contribution >= 0.6 is 23.8 Å². The lowest BCUT2D eigenvalue weighted by molar-refractivity contribution is 0.0974. The minimum atomic E-state index is -0.330. The highest BCUT2D eigenvalue weighted by Crippen LogP contribution is 2.18. The van der Waals surface area contributed by atoms with E-state index in [1.807, 2.05) is 13.0 Å². The van der Waals surface area contributed by atoms with Gasteiger partial charge in [-0.1, -0.05) is 29.8 Å². The van der Waals surface area contributed by atoms with Gasteiger partial charge in [-0.15, -0.1) is 0 Å². The molecule has 114 valence electrons. The molecule has 2 rings (SSSR count). The standard InChI is InChI=1S/C16H15ClN2O2S/c1-2-21-14-9-4-3-8-13(14)15(20)19-16(22)18-12-7-5-6-11(17)10-12/h3-10H,2H2,1H3,(H2,18,19,20,22). The Labute approximate surface area is 139 Å². The third kappa shape index (κ3) is 4.44. The van der Waals surface area contributed by atoms with Crippen molar-refractivity contribution in [3.63, 3.8) is 0 Å². The van der Waals surface area contributed by atoms with Crippen molar-refractivity contribution in [2.24, 2.45) is 0 Å². The van der Waals surface area contributed by atoms with E-state index in [0.717, 1.165) is 0 Å². The first-order chi connectivity index (χ1) is 10.6. The summed E-state index contributed by atoms with van der Waals surface area (Å²) in [5.74, 6) is 0.191. The molecule has 2 aromatic rings. The highest BCUT2D eigenvalue weighted by molar-refractivity contribution is 7.80. The molecule has 6 heteroatoms. The van der Waals surface area contributed by atoms with Gasteiger partial charge in [0.15, 0.2) is 5.11 Å². The third-order valence-electron chi connectivity index (χ3n) is 2.74. The van der Waals surface area contributed by atoms with Crippen LogP contribution in [0.25, 0.3) is 0 Å². The van der Waals surface area contributed by atoms with E-state index in [1.165, 1.54) is 0 Å². The number of ether oxygens (including phenoxy) is 1. The van der Waals surface area contributed by atoms with Crippen LogP contribution in [0.1, 0.15) is 17.3 Å². The van der Waals surface area contributed by atoms with E-state index in [-0.39, 0.29) is 11.0 Å². The molecule has 0 saturated heterocycles. The molecule has 0 atom stereocenters. The van der Waals surface area contributed by atoms with E-state index in [0.29, 0.717) is 28.6 Å². The average molecular weight is 335 g/mol. The number of rotatable bonds is 4. The molecule has 0 heterocycles. The van der Waals surface area contributed by atoms with E-state index in [4.69, 9.17) is 28.6 Å². The summed E-state index contributed by atoms with van der Waals surface area (Å²) in [6.07, 6.45) is 0. The van der Waals surface area contributed by atoms with Crippen molar-refractivity contribution in [3.05, 3.63) is 59.1 Å². The Bertz CT molecular complexity index is 691. The molecule has 0 aliphatic heterocycles. The summed E-state index contributed by atoms with van der Waals surface area (Å²) >= 11 is 11.0. The number of para-hydroxylation sites is 1. The number of hydrogen-bond donors (Lipinski definition) is 2. The Kier molecular flexibility index (Phi) is 5.75. The van der Waals surface area contributed by atoms with Gasteiger partial charge in [0, 0.05) is 10.7 Å². The largest absolute Gasteiger partial charge is 0.493 e. The average Bonchev–Trinajstić information content (AvgIpc) is 2.48. The van der Waals surface area contributed by atoms with Crippen LogP contribution in [-0.2, 0) is 0 Å². The number of amides is 1. The normalized spacial score (nSPS) is 9.91. The van der Waals surface area contributed by atoms with Gasteiger partial charge in [0.05, 0.1) is 12.2 Å². The molecule has 4 nitrogen and oxygen atoms in total. The van der Waals surface area contributed by atoms with Crippen molar-refractivity contribution in [1.29, 1.82) is 0 Å². The van der Waals surface area contributed by atoms with Gasteiger partial charge in [0.1, 0.15) is 5.75 Å². The SMILES string of the molecule is CCOc1ccccc1C(=O)NC(=S)Nc1cccc(Cl)c1. The number of hydrogen-bond acceptors (Lipinski definition) is 3. The minimum absolute atomic E-state index is 0.193. The number of benzene rings is 2. The number of carbonyl (C=O) groups is 1. The van der Waals surface area contributed by atoms with Crippen LogP contribution in [0, 0.1) is 0 Å². The monoisotopic (exact) mass is 334 g/mol. The molecule has 0 aromatic heterocycles. The Morgan fingerprint density at radius 3 is 2.73 bits per heavy atom. The van der Waals surface area contributed by atoms with Gasteiger partial charge in [-0.3, -0.25) is 10.1 Å². The predicted molar refractivity (Wildman–Crippen MR) is 92.7 cm³/mol. The number of carbonyl (C=O) groups excluding carboxylic acids is 1. The van der Waals surface area contributed by atoms with Crippen LogP contribution in [0.2, 0.25) is 5.02 Å². The van der Waals surface area contributed by atoms with E-state index >= 15 is 0 Å². The van der Waals surface area contributed by atoms with Crippen LogP contribution in [0.5, 0.6) is 5.75 Å². The maximum absolute atomic E-state index is 12.3. The molecule has 22 heavy (non-hydrogen) atoms. The molecule has 0 aliphatic rings. The van der Waals surface area contributed by atoms with Crippen LogP contribution in [0.15, 0.2) is 48.5 Å². The fourth-order valence-electron chi connectivity index (χ4n) is 1.83. The second-order valence-corrected chi connectivity index (χ2v) is 5.19. The van der Waals surface area contributed by atoms with Crippen LogP contribution in [-0.4, -0.2) is 17.6 Å². The molecule has 2 N–H and O–H groups in total. The zero-order valence-corrected chi connectivity index (χ0v) is 13.5. The van der Waals surface area contributed by atoms with Crippen LogP contribution < -0.4 is 15.4 Å². The van der Waals surface area contributed by atoms with Gasteiger partial charge in [-0.05, 0) is 49.5 Å². The van der Waals surface area contributed by atoms with Crippen molar-refractivity contribution >= 4 is 40.5 Å². The smallest absolute Gasteiger partial charge is 0.261 e. The maximum atomic E-state index is 12.3. The Morgan fingerprint density at radius 2 is 2.00 bits per heavy atom. The van der Waals surface area contributed by atoms with Crippen molar-refractivity contribution in [2.75, 3.05) is 11.9 Å². The van der Waals surface area contributed by atoms with Crippen molar-refractivity contribution in [1.82, 2.24) is 5.32 Å². The van der Waals surface area contributed by atoms with E-state index in [9.17, 15) is 4.79 Å². The predicted octanol–water partition coefficient (Wildman–Crippen LogP) is 3.87. The van der Waals surface area contributed by atoms with Crippen molar-refractivity contribution in [3.8, 4) is 5.75 Å². The first kappa shape index (κ1) is 16.3. The minimum Gasteiger partial charge on any atom is -0.493 e. The summed E-state index contributed by atoms with van der Waals surface area (Å²) in [6.45, 7) is 2.34. The first-order valence-electron chi connectivity index (χ1n) is 6.70. The fraction of sp³-hybridized carbons (Fsp3) is 0.125. The summed E-state index contributed by atoms with van der Waals surface area (Å²) in [6, 6.07) is 14.1. The van der Waals surface area contributed by atoms with Gasteiger partial charge < -0.3 is 10.1 Å².